The third-order valence-electron chi connectivity index (χ3n) is 3.14. The van der Waals surface area contributed by atoms with Crippen LogP contribution in [0.15, 0.2) is 0 Å². The quantitative estimate of drug-likeness (QED) is 0.646. The van der Waals surface area contributed by atoms with Crippen LogP contribution in [0.1, 0.15) is 51.9 Å². The Hall–Kier alpha value is -0.840. The van der Waals surface area contributed by atoms with Crippen molar-refractivity contribution in [2.75, 3.05) is 0 Å². The average Bonchev–Trinajstić information content (AvgIpc) is 2.45. The second kappa shape index (κ2) is 5.80. The molecule has 1 fully saturated rings. The van der Waals surface area contributed by atoms with Crippen LogP contribution in [0.2, 0.25) is 0 Å². The topological polar surface area (TPSA) is 40.9 Å². The largest absolute Gasteiger partial charge is 0.299 e. The van der Waals surface area contributed by atoms with E-state index in [1.807, 2.05) is 6.92 Å². The molecule has 0 saturated heterocycles. The van der Waals surface area contributed by atoms with E-state index >= 15 is 0 Å². The number of nitrogens with zero attached hydrogens (tertiary/aromatic N) is 1. The van der Waals surface area contributed by atoms with Gasteiger partial charge in [-0.25, -0.2) is 0 Å². The number of hydrogen-bond donors (Lipinski definition) is 0. The lowest BCUT2D eigenvalue weighted by Gasteiger charge is -2.15. The van der Waals surface area contributed by atoms with E-state index in [0.29, 0.717) is 12.2 Å². The van der Waals surface area contributed by atoms with Gasteiger partial charge in [0.1, 0.15) is 5.78 Å². The van der Waals surface area contributed by atoms with Crippen molar-refractivity contribution < 1.29 is 4.79 Å². The molecule has 1 saturated carbocycles. The molecule has 0 amide bonds. The van der Waals surface area contributed by atoms with Crippen LogP contribution >= 0.6 is 0 Å². The maximum Gasteiger partial charge on any atom is 0.139 e. The van der Waals surface area contributed by atoms with E-state index in [1.165, 1.54) is 25.7 Å². The highest BCUT2D eigenvalue weighted by molar-refractivity contribution is 5.83. The van der Waals surface area contributed by atoms with E-state index in [1.54, 1.807) is 0 Å². The standard InChI is InChI=1S/C12H19NO/c1-10(8-9-13)12(14)11-6-4-2-3-5-7-11/h10-11H,2-8H2,1H3. The molecule has 0 spiro atoms. The second-order valence-corrected chi connectivity index (χ2v) is 4.35. The molecule has 1 aliphatic carbocycles. The zero-order valence-corrected chi connectivity index (χ0v) is 8.96. The lowest BCUT2D eigenvalue weighted by atomic mass is 9.87. The summed E-state index contributed by atoms with van der Waals surface area (Å²) in [5, 5.41) is 8.54. The van der Waals surface area contributed by atoms with Gasteiger partial charge in [-0.15, -0.1) is 0 Å². The summed E-state index contributed by atoms with van der Waals surface area (Å²) in [6.45, 7) is 1.89. The minimum Gasteiger partial charge on any atom is -0.299 e. The second-order valence-electron chi connectivity index (χ2n) is 4.35. The lowest BCUT2D eigenvalue weighted by Crippen LogP contribution is -2.21. The van der Waals surface area contributed by atoms with Crippen molar-refractivity contribution in [1.29, 1.82) is 5.26 Å². The fraction of sp³-hybridized carbons (Fsp3) is 0.833. The van der Waals surface area contributed by atoms with Gasteiger partial charge in [-0.05, 0) is 12.8 Å². The van der Waals surface area contributed by atoms with Gasteiger partial charge < -0.3 is 0 Å². The summed E-state index contributed by atoms with van der Waals surface area (Å²) in [5.41, 5.74) is 0. The molecule has 0 aromatic carbocycles. The fourth-order valence-electron chi connectivity index (χ4n) is 2.20. The molecule has 0 radical (unpaired) electrons. The molecule has 0 heterocycles. The molecule has 2 nitrogen and oxygen atoms in total. The van der Waals surface area contributed by atoms with E-state index in [4.69, 9.17) is 5.26 Å². The molecule has 0 aromatic heterocycles. The molecule has 78 valence electrons. The van der Waals surface area contributed by atoms with Crippen molar-refractivity contribution in [2.45, 2.75) is 51.9 Å². The van der Waals surface area contributed by atoms with E-state index in [2.05, 4.69) is 6.07 Å². The molecule has 1 rings (SSSR count). The van der Waals surface area contributed by atoms with Crippen molar-refractivity contribution in [3.05, 3.63) is 0 Å². The van der Waals surface area contributed by atoms with Crippen LogP contribution in [-0.4, -0.2) is 5.78 Å². The lowest BCUT2D eigenvalue weighted by molar-refractivity contribution is -0.126. The number of carbonyl (C=O) groups excluding carboxylic acids is 1. The Labute approximate surface area is 86.3 Å². The fourth-order valence-corrected chi connectivity index (χ4v) is 2.20. The van der Waals surface area contributed by atoms with Crippen molar-refractivity contribution in [1.82, 2.24) is 0 Å². The first-order valence-corrected chi connectivity index (χ1v) is 5.66. The molecule has 0 bridgehead atoms. The van der Waals surface area contributed by atoms with Crippen molar-refractivity contribution in [3.63, 3.8) is 0 Å². The minimum atomic E-state index is -0.0527. The molecule has 2 heteroatoms. The Kier molecular flexibility index (Phi) is 4.65. The van der Waals surface area contributed by atoms with Crippen LogP contribution < -0.4 is 0 Å². The number of Topliss-reactive ketones (excluding diaryl/α,β-unsaturated/α-hetero) is 1. The summed E-state index contributed by atoms with van der Waals surface area (Å²) in [6.07, 6.45) is 7.41. The first-order valence-electron chi connectivity index (χ1n) is 5.66. The summed E-state index contributed by atoms with van der Waals surface area (Å²) < 4.78 is 0. The molecule has 0 N–H and O–H groups in total. The highest BCUT2D eigenvalue weighted by Gasteiger charge is 2.24. The Morgan fingerprint density at radius 2 is 1.93 bits per heavy atom. The van der Waals surface area contributed by atoms with Crippen LogP contribution in [0, 0.1) is 23.2 Å². The number of ketones is 1. The van der Waals surface area contributed by atoms with Gasteiger partial charge in [0.15, 0.2) is 0 Å². The normalized spacial score (nSPS) is 20.9. The summed E-state index contributed by atoms with van der Waals surface area (Å²) in [5.74, 6) is 0.525. The Bertz CT molecular complexity index is 221. The van der Waals surface area contributed by atoms with Gasteiger partial charge in [0.2, 0.25) is 0 Å². The van der Waals surface area contributed by atoms with E-state index < -0.39 is 0 Å². The summed E-state index contributed by atoms with van der Waals surface area (Å²) in [4.78, 5) is 11.9. The maximum atomic E-state index is 11.9. The molecule has 14 heavy (non-hydrogen) atoms. The average molecular weight is 193 g/mol. The minimum absolute atomic E-state index is 0.0527. The first-order chi connectivity index (χ1) is 6.75. The molecule has 1 unspecified atom stereocenters. The van der Waals surface area contributed by atoms with Crippen LogP contribution in [0.25, 0.3) is 0 Å². The van der Waals surface area contributed by atoms with E-state index in [-0.39, 0.29) is 11.8 Å². The summed E-state index contributed by atoms with van der Waals surface area (Å²) in [6, 6.07) is 2.08. The molecule has 0 aliphatic heterocycles. The third kappa shape index (κ3) is 3.14. The molecule has 1 aliphatic rings. The van der Waals surface area contributed by atoms with Crippen LogP contribution in [0.4, 0.5) is 0 Å². The molecular formula is C12H19NO. The van der Waals surface area contributed by atoms with Gasteiger partial charge in [0.05, 0.1) is 6.07 Å². The van der Waals surface area contributed by atoms with Gasteiger partial charge in [-0.1, -0.05) is 32.6 Å². The van der Waals surface area contributed by atoms with Gasteiger partial charge in [0, 0.05) is 18.3 Å². The van der Waals surface area contributed by atoms with Crippen molar-refractivity contribution in [2.24, 2.45) is 11.8 Å². The van der Waals surface area contributed by atoms with E-state index in [0.717, 1.165) is 12.8 Å². The zero-order valence-electron chi connectivity index (χ0n) is 8.96. The Morgan fingerprint density at radius 1 is 1.36 bits per heavy atom. The first kappa shape index (κ1) is 11.2. The van der Waals surface area contributed by atoms with Crippen molar-refractivity contribution in [3.8, 4) is 6.07 Å². The predicted molar refractivity (Wildman–Crippen MR) is 55.6 cm³/mol. The molecule has 0 aromatic rings. The smallest absolute Gasteiger partial charge is 0.139 e. The third-order valence-corrected chi connectivity index (χ3v) is 3.14. The van der Waals surface area contributed by atoms with Gasteiger partial charge in [-0.2, -0.15) is 5.26 Å². The molecule has 1 atom stereocenters. The maximum absolute atomic E-state index is 11.9. The zero-order chi connectivity index (χ0) is 10.4. The van der Waals surface area contributed by atoms with E-state index in [9.17, 15) is 4.79 Å². The van der Waals surface area contributed by atoms with Gasteiger partial charge in [-0.3, -0.25) is 4.79 Å². The number of nitriles is 1. The van der Waals surface area contributed by atoms with Gasteiger partial charge >= 0.3 is 0 Å². The Morgan fingerprint density at radius 3 is 2.43 bits per heavy atom. The van der Waals surface area contributed by atoms with Crippen molar-refractivity contribution >= 4 is 5.78 Å². The van der Waals surface area contributed by atoms with Crippen LogP contribution in [-0.2, 0) is 4.79 Å². The highest BCUT2D eigenvalue weighted by atomic mass is 16.1. The summed E-state index contributed by atoms with van der Waals surface area (Å²) in [7, 11) is 0. The highest BCUT2D eigenvalue weighted by Crippen LogP contribution is 2.26. The SMILES string of the molecule is CC(CC#N)C(=O)C1CCCCCC1. The van der Waals surface area contributed by atoms with Gasteiger partial charge in [0.25, 0.3) is 0 Å². The molecular weight excluding hydrogens is 174 g/mol. The number of carbonyl (C=O) groups is 1. The number of rotatable bonds is 3. The monoisotopic (exact) mass is 193 g/mol. The number of hydrogen-bond acceptors (Lipinski definition) is 2. The van der Waals surface area contributed by atoms with Crippen LogP contribution in [0.3, 0.4) is 0 Å². The summed E-state index contributed by atoms with van der Waals surface area (Å²) >= 11 is 0. The predicted octanol–water partition coefficient (Wildman–Crippen LogP) is 3.08. The van der Waals surface area contributed by atoms with Crippen LogP contribution in [0.5, 0.6) is 0 Å². The Balaban J connectivity index is 2.45.